The number of primary sulfonamides is 1. The maximum Gasteiger partial charge on any atom is 0.294 e. The van der Waals surface area contributed by atoms with E-state index in [2.05, 4.69) is 5.32 Å². The Labute approximate surface area is 165 Å². The summed E-state index contributed by atoms with van der Waals surface area (Å²) in [7, 11) is -3.82. The van der Waals surface area contributed by atoms with Gasteiger partial charge in [0.2, 0.25) is 15.9 Å². The van der Waals surface area contributed by atoms with Crippen LogP contribution in [0, 0.1) is 0 Å². The first-order valence-corrected chi connectivity index (χ1v) is 11.5. The second-order valence-electron chi connectivity index (χ2n) is 5.92. The van der Waals surface area contributed by atoms with Crippen molar-refractivity contribution in [3.05, 3.63) is 34.7 Å². The number of anilines is 1. The number of rotatable bonds is 4. The third-order valence-corrected chi connectivity index (χ3v) is 7.01. The number of hydrogen-bond acceptors (Lipinski definition) is 7. The summed E-state index contributed by atoms with van der Waals surface area (Å²) >= 11 is 2.70. The maximum absolute atomic E-state index is 12.5. The molecule has 27 heavy (non-hydrogen) atoms. The standard InChI is InChI=1S/C16H17N3O5S3/c17-27(23,24)12-3-1-11(2-4-12)18-13(20)9-19-15(21)14(26-16(19)22)10-5-7-25-8-6-10/h1-4H,5-9H2,(H,18,20)(H2,17,23,24). The van der Waals surface area contributed by atoms with Gasteiger partial charge in [-0.25, -0.2) is 13.6 Å². The molecule has 0 aromatic heterocycles. The van der Waals surface area contributed by atoms with Gasteiger partial charge >= 0.3 is 0 Å². The van der Waals surface area contributed by atoms with Gasteiger partial charge in [-0.1, -0.05) is 0 Å². The predicted molar refractivity (Wildman–Crippen MR) is 105 cm³/mol. The number of carbonyl (C=O) groups excluding carboxylic acids is 3. The first-order valence-electron chi connectivity index (χ1n) is 8.02. The number of imide groups is 1. The normalized spacial score (nSPS) is 18.2. The van der Waals surface area contributed by atoms with Gasteiger partial charge in [0.05, 0.1) is 9.80 Å². The first-order chi connectivity index (χ1) is 12.8. The highest BCUT2D eigenvalue weighted by Crippen LogP contribution is 2.37. The molecule has 0 spiro atoms. The summed E-state index contributed by atoms with van der Waals surface area (Å²) in [5.74, 6) is 0.879. The van der Waals surface area contributed by atoms with E-state index in [1.807, 2.05) is 11.8 Å². The average molecular weight is 428 g/mol. The van der Waals surface area contributed by atoms with Crippen molar-refractivity contribution in [2.24, 2.45) is 5.14 Å². The highest BCUT2D eigenvalue weighted by molar-refractivity contribution is 8.18. The molecule has 0 radical (unpaired) electrons. The van der Waals surface area contributed by atoms with Gasteiger partial charge in [0, 0.05) is 5.69 Å². The van der Waals surface area contributed by atoms with Crippen molar-refractivity contribution < 1.29 is 22.8 Å². The van der Waals surface area contributed by atoms with Crippen LogP contribution in [0.15, 0.2) is 39.6 Å². The second kappa shape index (κ2) is 8.05. The minimum Gasteiger partial charge on any atom is -0.325 e. The van der Waals surface area contributed by atoms with Crippen LogP contribution in [0.5, 0.6) is 0 Å². The molecule has 3 amide bonds. The highest BCUT2D eigenvalue weighted by Gasteiger charge is 2.38. The van der Waals surface area contributed by atoms with E-state index in [0.717, 1.165) is 46.6 Å². The maximum atomic E-state index is 12.5. The SMILES string of the molecule is NS(=O)(=O)c1ccc(NC(=O)CN2C(=O)SC(=C3CCSCC3)C2=O)cc1. The van der Waals surface area contributed by atoms with Gasteiger partial charge in [0.1, 0.15) is 6.54 Å². The molecule has 0 bridgehead atoms. The molecule has 0 saturated carbocycles. The molecule has 8 nitrogen and oxygen atoms in total. The Bertz CT molecular complexity index is 917. The van der Waals surface area contributed by atoms with E-state index < -0.39 is 33.6 Å². The Morgan fingerprint density at radius 1 is 1.15 bits per heavy atom. The number of carbonyl (C=O) groups is 3. The topological polar surface area (TPSA) is 127 Å². The molecule has 144 valence electrons. The summed E-state index contributed by atoms with van der Waals surface area (Å²) < 4.78 is 22.5. The lowest BCUT2D eigenvalue weighted by Crippen LogP contribution is -2.36. The van der Waals surface area contributed by atoms with E-state index >= 15 is 0 Å². The Balaban J connectivity index is 1.65. The fraction of sp³-hybridized carbons (Fsp3) is 0.312. The number of allylic oxidation sites excluding steroid dienone is 1. The van der Waals surface area contributed by atoms with Crippen LogP contribution in [-0.4, -0.2) is 48.4 Å². The molecular formula is C16H17N3O5S3. The van der Waals surface area contributed by atoms with Gasteiger partial charge in [0.15, 0.2) is 0 Å². The zero-order valence-corrected chi connectivity index (χ0v) is 16.6. The van der Waals surface area contributed by atoms with E-state index in [-0.39, 0.29) is 4.90 Å². The van der Waals surface area contributed by atoms with Gasteiger partial charge in [-0.3, -0.25) is 19.3 Å². The predicted octanol–water partition coefficient (Wildman–Crippen LogP) is 1.75. The van der Waals surface area contributed by atoms with Crippen molar-refractivity contribution >= 4 is 56.3 Å². The molecule has 2 heterocycles. The summed E-state index contributed by atoms with van der Waals surface area (Å²) in [5.41, 5.74) is 1.32. The van der Waals surface area contributed by atoms with E-state index in [1.165, 1.54) is 24.3 Å². The molecule has 3 N–H and O–H groups in total. The Morgan fingerprint density at radius 3 is 2.37 bits per heavy atom. The van der Waals surface area contributed by atoms with Crippen molar-refractivity contribution in [2.45, 2.75) is 17.7 Å². The van der Waals surface area contributed by atoms with Crippen molar-refractivity contribution in [1.82, 2.24) is 4.90 Å². The Morgan fingerprint density at radius 2 is 1.78 bits per heavy atom. The zero-order chi connectivity index (χ0) is 19.6. The molecule has 0 aliphatic carbocycles. The number of nitrogens with two attached hydrogens (primary N) is 1. The van der Waals surface area contributed by atoms with Crippen molar-refractivity contribution in [1.29, 1.82) is 0 Å². The summed E-state index contributed by atoms with van der Waals surface area (Å²) in [6, 6.07) is 5.29. The molecule has 1 aromatic carbocycles. The fourth-order valence-electron chi connectivity index (χ4n) is 2.67. The first kappa shape index (κ1) is 19.9. The van der Waals surface area contributed by atoms with Crippen LogP contribution < -0.4 is 10.5 Å². The molecular weight excluding hydrogens is 410 g/mol. The summed E-state index contributed by atoms with van der Waals surface area (Å²) in [6.07, 6.45) is 1.56. The highest BCUT2D eigenvalue weighted by atomic mass is 32.2. The van der Waals surface area contributed by atoms with Gasteiger partial charge in [0.25, 0.3) is 11.1 Å². The zero-order valence-electron chi connectivity index (χ0n) is 14.1. The van der Waals surface area contributed by atoms with Gasteiger partial charge in [-0.2, -0.15) is 11.8 Å². The Kier molecular flexibility index (Phi) is 5.94. The lowest BCUT2D eigenvalue weighted by molar-refractivity contribution is -0.127. The molecule has 0 atom stereocenters. The van der Waals surface area contributed by atoms with Crippen LogP contribution in [0.1, 0.15) is 12.8 Å². The van der Waals surface area contributed by atoms with E-state index in [4.69, 9.17) is 5.14 Å². The number of amides is 3. The molecule has 1 aromatic rings. The number of nitrogens with zero attached hydrogens (tertiary/aromatic N) is 1. The molecule has 11 heteroatoms. The number of benzene rings is 1. The fourth-order valence-corrected chi connectivity index (χ4v) is 5.15. The quantitative estimate of drug-likeness (QED) is 0.701. The van der Waals surface area contributed by atoms with Gasteiger partial charge < -0.3 is 5.32 Å². The smallest absolute Gasteiger partial charge is 0.294 e. The van der Waals surface area contributed by atoms with Gasteiger partial charge in [-0.05, 0) is 65.9 Å². The van der Waals surface area contributed by atoms with E-state index in [9.17, 15) is 22.8 Å². The number of hydrogen-bond donors (Lipinski definition) is 2. The minimum absolute atomic E-state index is 0.0799. The molecule has 2 aliphatic rings. The molecule has 3 rings (SSSR count). The van der Waals surface area contributed by atoms with Gasteiger partial charge in [-0.15, -0.1) is 0 Å². The summed E-state index contributed by atoms with van der Waals surface area (Å²) in [6.45, 7) is -0.396. The Hall–Kier alpha value is -1.82. The number of thioether (sulfide) groups is 2. The molecule has 2 saturated heterocycles. The minimum atomic E-state index is -3.82. The van der Waals surface area contributed by atoms with E-state index in [0.29, 0.717) is 10.6 Å². The van der Waals surface area contributed by atoms with Crippen molar-refractivity contribution in [3.63, 3.8) is 0 Å². The van der Waals surface area contributed by atoms with Crippen LogP contribution in [0.3, 0.4) is 0 Å². The van der Waals surface area contributed by atoms with Crippen molar-refractivity contribution in [2.75, 3.05) is 23.4 Å². The lowest BCUT2D eigenvalue weighted by atomic mass is 10.1. The molecule has 0 unspecified atom stereocenters. The third kappa shape index (κ3) is 4.72. The second-order valence-corrected chi connectivity index (χ2v) is 9.67. The number of sulfonamides is 1. The molecule has 2 aliphatic heterocycles. The largest absolute Gasteiger partial charge is 0.325 e. The average Bonchev–Trinajstić information content (AvgIpc) is 2.90. The van der Waals surface area contributed by atoms with E-state index in [1.54, 1.807) is 0 Å². The van der Waals surface area contributed by atoms with Crippen LogP contribution in [0.2, 0.25) is 0 Å². The van der Waals surface area contributed by atoms with Crippen LogP contribution in [0.25, 0.3) is 0 Å². The monoisotopic (exact) mass is 427 g/mol. The summed E-state index contributed by atoms with van der Waals surface area (Å²) in [4.78, 5) is 38.2. The number of nitrogens with one attached hydrogen (secondary N) is 1. The molecule has 2 fully saturated rings. The van der Waals surface area contributed by atoms with Crippen LogP contribution >= 0.6 is 23.5 Å². The van der Waals surface area contributed by atoms with Crippen LogP contribution in [-0.2, 0) is 19.6 Å². The van der Waals surface area contributed by atoms with Crippen molar-refractivity contribution in [3.8, 4) is 0 Å². The van der Waals surface area contributed by atoms with Crippen LogP contribution in [0.4, 0.5) is 10.5 Å². The third-order valence-electron chi connectivity index (χ3n) is 4.03. The summed E-state index contributed by atoms with van der Waals surface area (Å²) in [5, 5.41) is 7.09. The lowest BCUT2D eigenvalue weighted by Gasteiger charge is -2.15.